The number of aromatic nitrogens is 1. The average Bonchev–Trinajstić information content (AvgIpc) is 2.81. The number of hydrogen-bond donors (Lipinski definition) is 0. The molecule has 0 aliphatic carbocycles. The highest BCUT2D eigenvalue weighted by atomic mass is 32.2. The topological polar surface area (TPSA) is 61.6 Å². The van der Waals surface area contributed by atoms with Gasteiger partial charge in [0.05, 0.1) is 16.8 Å². The molecule has 1 saturated heterocycles. The predicted molar refractivity (Wildman–Crippen MR) is 115 cm³/mol. The Bertz CT molecular complexity index is 988. The van der Waals surface area contributed by atoms with Gasteiger partial charge in [-0.15, -0.1) is 11.8 Å². The van der Waals surface area contributed by atoms with Gasteiger partial charge in [-0.25, -0.2) is 4.98 Å². The predicted octanol–water partition coefficient (Wildman–Crippen LogP) is 4.05. The summed E-state index contributed by atoms with van der Waals surface area (Å²) in [6.07, 6.45) is -2.21. The van der Waals surface area contributed by atoms with Crippen LogP contribution in [0.15, 0.2) is 35.5 Å². The molecule has 0 bridgehead atoms. The Balaban J connectivity index is 1.27. The first-order chi connectivity index (χ1) is 15.5. The largest absolute Gasteiger partial charge is 0.485 e. The fourth-order valence-electron chi connectivity index (χ4n) is 3.85. The van der Waals surface area contributed by atoms with Crippen molar-refractivity contribution in [3.8, 4) is 17.6 Å². The van der Waals surface area contributed by atoms with Gasteiger partial charge < -0.3 is 14.4 Å². The SMILES string of the molecule is N#Cc1ccc(N2CCN(CCCSc3ncccc3C(F)(F)F)CC2)c2c1OCCO2. The summed E-state index contributed by atoms with van der Waals surface area (Å²) in [6, 6.07) is 8.20. The minimum Gasteiger partial charge on any atom is -0.485 e. The minimum absolute atomic E-state index is 0.0395. The molecule has 10 heteroatoms. The van der Waals surface area contributed by atoms with E-state index >= 15 is 0 Å². The first-order valence-corrected chi connectivity index (χ1v) is 11.4. The van der Waals surface area contributed by atoms with Crippen molar-refractivity contribution >= 4 is 17.4 Å². The van der Waals surface area contributed by atoms with Gasteiger partial charge in [0, 0.05) is 38.1 Å². The third-order valence-corrected chi connectivity index (χ3v) is 6.53. The Hall–Kier alpha value is -2.64. The van der Waals surface area contributed by atoms with E-state index in [1.165, 1.54) is 12.3 Å². The zero-order valence-electron chi connectivity index (χ0n) is 17.4. The van der Waals surface area contributed by atoms with Crippen LogP contribution in [-0.4, -0.2) is 61.6 Å². The molecule has 1 aromatic heterocycles. The van der Waals surface area contributed by atoms with Crippen molar-refractivity contribution in [1.29, 1.82) is 5.26 Å². The Morgan fingerprint density at radius 2 is 1.81 bits per heavy atom. The summed E-state index contributed by atoms with van der Waals surface area (Å²) in [5.74, 6) is 1.73. The second kappa shape index (κ2) is 9.88. The fraction of sp³-hybridized carbons (Fsp3) is 0.455. The molecule has 0 saturated carbocycles. The number of thioether (sulfide) groups is 1. The van der Waals surface area contributed by atoms with Crippen molar-refractivity contribution in [3.63, 3.8) is 0 Å². The zero-order valence-corrected chi connectivity index (χ0v) is 18.2. The van der Waals surface area contributed by atoms with E-state index < -0.39 is 11.7 Å². The van der Waals surface area contributed by atoms with Crippen LogP contribution in [0.25, 0.3) is 0 Å². The Morgan fingerprint density at radius 1 is 1.06 bits per heavy atom. The first-order valence-electron chi connectivity index (χ1n) is 10.4. The molecule has 0 radical (unpaired) electrons. The van der Waals surface area contributed by atoms with Gasteiger partial charge in [-0.05, 0) is 37.2 Å². The third-order valence-electron chi connectivity index (χ3n) is 5.43. The summed E-state index contributed by atoms with van der Waals surface area (Å²) >= 11 is 1.15. The van der Waals surface area contributed by atoms with Crippen LogP contribution in [0.4, 0.5) is 18.9 Å². The molecule has 32 heavy (non-hydrogen) atoms. The van der Waals surface area contributed by atoms with Gasteiger partial charge >= 0.3 is 6.18 Å². The maximum absolute atomic E-state index is 13.1. The van der Waals surface area contributed by atoms with Crippen molar-refractivity contribution in [2.75, 3.05) is 56.6 Å². The van der Waals surface area contributed by atoms with E-state index in [1.54, 1.807) is 6.07 Å². The van der Waals surface area contributed by atoms with Gasteiger partial charge in [-0.3, -0.25) is 4.90 Å². The molecule has 0 N–H and O–H groups in total. The van der Waals surface area contributed by atoms with Crippen LogP contribution in [0.3, 0.4) is 0 Å². The summed E-state index contributed by atoms with van der Waals surface area (Å²) in [4.78, 5) is 8.44. The third kappa shape index (κ3) is 5.05. The maximum atomic E-state index is 13.1. The van der Waals surface area contributed by atoms with E-state index in [9.17, 15) is 18.4 Å². The highest BCUT2D eigenvalue weighted by Crippen LogP contribution is 2.42. The molecule has 0 unspecified atom stereocenters. The smallest absolute Gasteiger partial charge is 0.419 e. The molecular weight excluding hydrogens is 441 g/mol. The summed E-state index contributed by atoms with van der Waals surface area (Å²) in [7, 11) is 0. The number of pyridine rings is 1. The second-order valence-corrected chi connectivity index (χ2v) is 8.57. The number of nitrogens with zero attached hydrogens (tertiary/aromatic N) is 4. The number of hydrogen-bond acceptors (Lipinski definition) is 7. The molecule has 1 aromatic carbocycles. The molecule has 0 spiro atoms. The molecule has 0 amide bonds. The molecule has 1 fully saturated rings. The van der Waals surface area contributed by atoms with Crippen molar-refractivity contribution in [2.24, 2.45) is 0 Å². The van der Waals surface area contributed by atoms with Crippen molar-refractivity contribution in [2.45, 2.75) is 17.6 Å². The number of piperazine rings is 1. The van der Waals surface area contributed by atoms with Gasteiger partial charge in [-0.1, -0.05) is 0 Å². The van der Waals surface area contributed by atoms with Crippen LogP contribution in [0.5, 0.6) is 11.5 Å². The molecule has 2 aliphatic rings. The molecule has 3 heterocycles. The summed E-state index contributed by atoms with van der Waals surface area (Å²) < 4.78 is 50.7. The zero-order chi connectivity index (χ0) is 22.6. The van der Waals surface area contributed by atoms with Crippen LogP contribution in [-0.2, 0) is 6.18 Å². The van der Waals surface area contributed by atoms with Crippen molar-refractivity contribution in [3.05, 3.63) is 41.6 Å². The van der Waals surface area contributed by atoms with Crippen molar-refractivity contribution in [1.82, 2.24) is 9.88 Å². The second-order valence-electron chi connectivity index (χ2n) is 7.48. The molecule has 4 rings (SSSR count). The van der Waals surface area contributed by atoms with Gasteiger partial charge in [0.2, 0.25) is 0 Å². The van der Waals surface area contributed by atoms with Gasteiger partial charge in [0.15, 0.2) is 11.5 Å². The molecule has 0 atom stereocenters. The molecular formula is C22H23F3N4O2S. The lowest BCUT2D eigenvalue weighted by atomic mass is 10.1. The molecule has 170 valence electrons. The molecule has 6 nitrogen and oxygen atoms in total. The monoisotopic (exact) mass is 464 g/mol. The fourth-order valence-corrected chi connectivity index (χ4v) is 4.79. The van der Waals surface area contributed by atoms with Gasteiger partial charge in [0.1, 0.15) is 24.3 Å². The summed E-state index contributed by atoms with van der Waals surface area (Å²) in [5, 5.41) is 9.33. The quantitative estimate of drug-likeness (QED) is 0.472. The lowest BCUT2D eigenvalue weighted by Crippen LogP contribution is -2.47. The maximum Gasteiger partial charge on any atom is 0.419 e. The number of benzene rings is 1. The number of alkyl halides is 3. The highest BCUT2D eigenvalue weighted by Gasteiger charge is 2.34. The van der Waals surface area contributed by atoms with Gasteiger partial charge in [0.25, 0.3) is 0 Å². The normalized spacial score (nSPS) is 16.6. The van der Waals surface area contributed by atoms with E-state index in [1.807, 2.05) is 6.07 Å². The minimum atomic E-state index is -4.38. The van der Waals surface area contributed by atoms with E-state index in [-0.39, 0.29) is 5.03 Å². The lowest BCUT2D eigenvalue weighted by Gasteiger charge is -2.37. The number of nitriles is 1. The van der Waals surface area contributed by atoms with E-state index in [0.717, 1.165) is 62.7 Å². The van der Waals surface area contributed by atoms with Crippen LogP contribution >= 0.6 is 11.8 Å². The molecule has 2 aliphatic heterocycles. The Labute approximate surface area is 188 Å². The Kier molecular flexibility index (Phi) is 6.96. The number of halogens is 3. The summed E-state index contributed by atoms with van der Waals surface area (Å²) in [6.45, 7) is 4.99. The van der Waals surface area contributed by atoms with Crippen LogP contribution in [0, 0.1) is 11.3 Å². The number of anilines is 1. The number of rotatable bonds is 6. The van der Waals surface area contributed by atoms with E-state index in [4.69, 9.17) is 9.47 Å². The van der Waals surface area contributed by atoms with E-state index in [0.29, 0.717) is 36.0 Å². The number of fused-ring (bicyclic) bond motifs is 1. The Morgan fingerprint density at radius 3 is 2.53 bits per heavy atom. The standard InChI is InChI=1S/C22H23F3N4O2S/c23-22(24,25)17-3-1-6-27-21(17)32-14-2-7-28-8-10-29(11-9-28)18-5-4-16(15-26)19-20(18)31-13-12-30-19/h1,3-6H,2,7-14H2. The van der Waals surface area contributed by atoms with Crippen LogP contribution in [0.1, 0.15) is 17.5 Å². The average molecular weight is 465 g/mol. The van der Waals surface area contributed by atoms with Gasteiger partial charge in [-0.2, -0.15) is 18.4 Å². The van der Waals surface area contributed by atoms with Crippen molar-refractivity contribution < 1.29 is 22.6 Å². The van der Waals surface area contributed by atoms with Crippen LogP contribution < -0.4 is 14.4 Å². The first kappa shape index (κ1) is 22.6. The molecule has 2 aromatic rings. The highest BCUT2D eigenvalue weighted by molar-refractivity contribution is 7.99. The summed E-state index contributed by atoms with van der Waals surface area (Å²) in [5.41, 5.74) is 0.737. The van der Waals surface area contributed by atoms with E-state index in [2.05, 4.69) is 20.9 Å². The number of ether oxygens (including phenoxy) is 2. The lowest BCUT2D eigenvalue weighted by molar-refractivity contribution is -0.140. The van der Waals surface area contributed by atoms with Crippen LogP contribution in [0.2, 0.25) is 0 Å².